The number of nitrogens with two attached hydrogens (primary N) is 1. The molecule has 4 rings (SSSR count). The molecular formula is C25H23ClN3OP. The lowest BCUT2D eigenvalue weighted by Gasteiger charge is -2.31. The van der Waals surface area contributed by atoms with Gasteiger partial charge in [0.05, 0.1) is 17.8 Å². The summed E-state index contributed by atoms with van der Waals surface area (Å²) in [5, 5.41) is 5.50. The number of hydrogen-bond acceptors (Lipinski definition) is 3. The van der Waals surface area contributed by atoms with Crippen LogP contribution in [0.3, 0.4) is 0 Å². The highest BCUT2D eigenvalue weighted by molar-refractivity contribution is 7.76. The van der Waals surface area contributed by atoms with Gasteiger partial charge in [0.15, 0.2) is 0 Å². The third-order valence-corrected chi connectivity index (χ3v) is 8.12. The fraction of sp³-hybridized carbons (Fsp3) is 0.0800. The van der Waals surface area contributed by atoms with E-state index in [-0.39, 0.29) is 0 Å². The fourth-order valence-electron chi connectivity index (χ4n) is 3.55. The second-order valence-corrected chi connectivity index (χ2v) is 10.2. The molecule has 0 spiro atoms. The summed E-state index contributed by atoms with van der Waals surface area (Å²) in [6.45, 7) is 0. The van der Waals surface area contributed by atoms with E-state index < -0.39 is 19.4 Å². The summed E-state index contributed by atoms with van der Waals surface area (Å²) in [5.74, 6) is 0. The fourth-order valence-corrected chi connectivity index (χ4v) is 6.15. The summed E-state index contributed by atoms with van der Waals surface area (Å²) in [4.78, 5) is 4.44. The van der Waals surface area contributed by atoms with E-state index in [1.165, 1.54) is 0 Å². The molecule has 3 aromatic carbocycles. The summed E-state index contributed by atoms with van der Waals surface area (Å²) in [5.41, 5.74) is 8.29. The number of nitrogens with one attached hydrogen (secondary N) is 1. The zero-order chi connectivity index (χ0) is 21.7. The van der Waals surface area contributed by atoms with Gasteiger partial charge in [-0.15, -0.1) is 0 Å². The topological polar surface area (TPSA) is 68.0 Å². The second-order valence-electron chi connectivity index (χ2n) is 7.22. The molecule has 4 nitrogen and oxygen atoms in total. The van der Waals surface area contributed by atoms with E-state index >= 15 is 0 Å². The maximum absolute atomic E-state index is 14.6. The maximum atomic E-state index is 14.6. The Kier molecular flexibility index (Phi) is 6.64. The van der Waals surface area contributed by atoms with E-state index in [1.807, 2.05) is 103 Å². The first kappa shape index (κ1) is 21.5. The van der Waals surface area contributed by atoms with Crippen LogP contribution >= 0.6 is 18.9 Å². The Hall–Kier alpha value is -2.75. The van der Waals surface area contributed by atoms with Crippen molar-refractivity contribution in [2.24, 2.45) is 5.73 Å². The lowest BCUT2D eigenvalue weighted by atomic mass is 9.98. The summed E-state index contributed by atoms with van der Waals surface area (Å²) < 4.78 is 14.6. The number of pyridine rings is 1. The molecule has 4 aromatic rings. The normalized spacial score (nSPS) is 13.5. The van der Waals surface area contributed by atoms with Crippen molar-refractivity contribution < 1.29 is 4.57 Å². The minimum absolute atomic E-state index is 0.460. The summed E-state index contributed by atoms with van der Waals surface area (Å²) in [6.07, 6.45) is 1.71. The van der Waals surface area contributed by atoms with Gasteiger partial charge in [-0.25, -0.2) is 0 Å². The van der Waals surface area contributed by atoms with Crippen LogP contribution in [-0.4, -0.2) is 4.98 Å². The molecule has 0 saturated heterocycles. The minimum Gasteiger partial charge on any atom is -0.321 e. The molecular weight excluding hydrogens is 425 g/mol. The third-order valence-electron chi connectivity index (χ3n) is 5.18. The quantitative estimate of drug-likeness (QED) is 0.391. The van der Waals surface area contributed by atoms with Gasteiger partial charge in [0.1, 0.15) is 0 Å². The van der Waals surface area contributed by atoms with Gasteiger partial charge in [0.2, 0.25) is 7.29 Å². The number of aromatic nitrogens is 1. The van der Waals surface area contributed by atoms with Crippen LogP contribution in [0.1, 0.15) is 23.3 Å². The summed E-state index contributed by atoms with van der Waals surface area (Å²) >= 11 is 6.12. The summed E-state index contributed by atoms with van der Waals surface area (Å²) in [7, 11) is -3.22. The minimum atomic E-state index is -3.22. The molecule has 0 aliphatic carbocycles. The number of nitrogens with zero attached hydrogens (tertiary/aromatic N) is 1. The Morgan fingerprint density at radius 1 is 0.774 bits per heavy atom. The van der Waals surface area contributed by atoms with Gasteiger partial charge in [-0.3, -0.25) is 14.6 Å². The molecule has 1 heterocycles. The molecule has 156 valence electrons. The van der Waals surface area contributed by atoms with Crippen molar-refractivity contribution in [2.45, 2.75) is 12.1 Å². The van der Waals surface area contributed by atoms with Gasteiger partial charge in [0, 0.05) is 21.8 Å². The molecule has 2 unspecified atom stereocenters. The molecule has 0 aliphatic heterocycles. The van der Waals surface area contributed by atoms with Crippen LogP contribution in [0.4, 0.5) is 0 Å². The highest BCUT2D eigenvalue weighted by atomic mass is 35.5. The zero-order valence-corrected chi connectivity index (χ0v) is 18.5. The first-order valence-corrected chi connectivity index (χ1v) is 12.1. The van der Waals surface area contributed by atoms with Gasteiger partial charge in [-0.1, -0.05) is 66.2 Å². The average molecular weight is 448 g/mol. The van der Waals surface area contributed by atoms with Crippen LogP contribution in [0, 0.1) is 0 Å². The highest BCUT2D eigenvalue weighted by Gasteiger charge is 2.34. The van der Waals surface area contributed by atoms with E-state index in [1.54, 1.807) is 6.20 Å². The molecule has 2 atom stereocenters. The molecule has 0 saturated carbocycles. The summed E-state index contributed by atoms with van der Waals surface area (Å²) in [6, 6.07) is 31.0. The molecule has 6 heteroatoms. The largest absolute Gasteiger partial charge is 0.321 e. The molecule has 0 bridgehead atoms. The predicted molar refractivity (Wildman–Crippen MR) is 128 cm³/mol. The van der Waals surface area contributed by atoms with Gasteiger partial charge in [-0.2, -0.15) is 0 Å². The highest BCUT2D eigenvalue weighted by Crippen LogP contribution is 2.44. The van der Waals surface area contributed by atoms with Gasteiger partial charge >= 0.3 is 0 Å². The van der Waals surface area contributed by atoms with Gasteiger partial charge in [0.25, 0.3) is 0 Å². The molecule has 31 heavy (non-hydrogen) atoms. The van der Waals surface area contributed by atoms with Crippen LogP contribution < -0.4 is 21.4 Å². The molecule has 1 aromatic heterocycles. The molecule has 0 aliphatic rings. The zero-order valence-electron chi connectivity index (χ0n) is 16.8. The molecule has 0 amide bonds. The van der Waals surface area contributed by atoms with Crippen LogP contribution in [0.25, 0.3) is 0 Å². The Balaban J connectivity index is 1.83. The van der Waals surface area contributed by atoms with Crippen LogP contribution in [-0.2, 0) is 4.57 Å². The van der Waals surface area contributed by atoms with Crippen molar-refractivity contribution in [1.29, 1.82) is 0 Å². The standard InChI is InChI=1S/C25H23ClN3OP/c26-20-16-14-19(15-17-20)25(24(27)23-13-7-8-18-28-23)29-31(30,21-9-3-1-4-10-21)22-11-5-2-6-12-22/h1-18,24-25H,27H2,(H,29,30). The lowest BCUT2D eigenvalue weighted by molar-refractivity contribution is 0.503. The van der Waals surface area contributed by atoms with Crippen LogP contribution in [0.5, 0.6) is 0 Å². The van der Waals surface area contributed by atoms with Crippen molar-refractivity contribution >= 4 is 29.5 Å². The maximum Gasteiger partial charge on any atom is 0.205 e. The van der Waals surface area contributed by atoms with E-state index in [0.29, 0.717) is 21.3 Å². The smallest absolute Gasteiger partial charge is 0.205 e. The molecule has 3 N–H and O–H groups in total. The lowest BCUT2D eigenvalue weighted by Crippen LogP contribution is -2.36. The van der Waals surface area contributed by atoms with E-state index in [0.717, 1.165) is 5.56 Å². The monoisotopic (exact) mass is 447 g/mol. The molecule has 0 fully saturated rings. The predicted octanol–water partition coefficient (Wildman–Crippen LogP) is 4.99. The number of hydrogen-bond donors (Lipinski definition) is 2. The average Bonchev–Trinajstić information content (AvgIpc) is 2.84. The molecule has 0 radical (unpaired) electrons. The Bertz CT molecular complexity index is 1110. The SMILES string of the molecule is NC(c1ccccn1)C(NP(=O)(c1ccccc1)c1ccccc1)c1ccc(Cl)cc1. The third kappa shape index (κ3) is 4.79. The Labute approximate surface area is 187 Å². The first-order chi connectivity index (χ1) is 15.1. The van der Waals surface area contributed by atoms with Gasteiger partial charge in [-0.05, 0) is 54.1 Å². The number of rotatable bonds is 7. The number of benzene rings is 3. The van der Waals surface area contributed by atoms with Crippen molar-refractivity contribution in [3.63, 3.8) is 0 Å². The van der Waals surface area contributed by atoms with E-state index in [2.05, 4.69) is 10.1 Å². The van der Waals surface area contributed by atoms with Gasteiger partial charge < -0.3 is 5.73 Å². The van der Waals surface area contributed by atoms with Crippen LogP contribution in [0.2, 0.25) is 5.02 Å². The van der Waals surface area contributed by atoms with Crippen molar-refractivity contribution in [1.82, 2.24) is 10.1 Å². The Morgan fingerprint density at radius 3 is 1.84 bits per heavy atom. The second kappa shape index (κ2) is 9.59. The van der Waals surface area contributed by atoms with E-state index in [4.69, 9.17) is 17.3 Å². The van der Waals surface area contributed by atoms with Crippen molar-refractivity contribution in [3.8, 4) is 0 Å². The van der Waals surface area contributed by atoms with Crippen molar-refractivity contribution in [2.75, 3.05) is 0 Å². The first-order valence-electron chi connectivity index (χ1n) is 9.99. The van der Waals surface area contributed by atoms with Crippen LogP contribution in [0.15, 0.2) is 109 Å². The Morgan fingerprint density at radius 2 is 1.32 bits per heavy atom. The van der Waals surface area contributed by atoms with Crippen molar-refractivity contribution in [3.05, 3.63) is 126 Å². The van der Waals surface area contributed by atoms with E-state index in [9.17, 15) is 4.57 Å². The number of halogens is 1.